The molecule has 4 atom stereocenters. The van der Waals surface area contributed by atoms with Crippen LogP contribution in [0.2, 0.25) is 0 Å². The van der Waals surface area contributed by atoms with Gasteiger partial charge in [-0.15, -0.1) is 0 Å². The number of carbonyl (C=O) groups excluding carboxylic acids is 2. The second-order valence-electron chi connectivity index (χ2n) is 8.23. The Hall–Kier alpha value is -1.92. The second kappa shape index (κ2) is 9.52. The smallest absolute Gasteiger partial charge is 0.225 e. The lowest BCUT2D eigenvalue weighted by Crippen LogP contribution is -2.51. The Morgan fingerprint density at radius 3 is 2.50 bits per heavy atom. The first-order chi connectivity index (χ1) is 13.4. The lowest BCUT2D eigenvalue weighted by Gasteiger charge is -2.38. The number of benzene rings is 1. The van der Waals surface area contributed by atoms with Gasteiger partial charge in [0.2, 0.25) is 11.8 Å². The number of amides is 2. The first kappa shape index (κ1) is 20.8. The van der Waals surface area contributed by atoms with E-state index in [0.717, 1.165) is 44.6 Å². The minimum absolute atomic E-state index is 0.115. The summed E-state index contributed by atoms with van der Waals surface area (Å²) in [7, 11) is 0. The Labute approximate surface area is 168 Å². The zero-order chi connectivity index (χ0) is 20.1. The Balaban J connectivity index is 1.63. The van der Waals surface area contributed by atoms with Crippen molar-refractivity contribution in [2.75, 3.05) is 26.2 Å². The fourth-order valence-electron chi connectivity index (χ4n) is 4.56. The number of morpholine rings is 1. The molecule has 0 radical (unpaired) electrons. The average molecular weight is 388 g/mol. The van der Waals surface area contributed by atoms with Crippen LogP contribution in [0.15, 0.2) is 30.3 Å². The van der Waals surface area contributed by atoms with Gasteiger partial charge in [0.05, 0.1) is 24.7 Å². The van der Waals surface area contributed by atoms with E-state index >= 15 is 0 Å². The predicted molar refractivity (Wildman–Crippen MR) is 109 cm³/mol. The van der Waals surface area contributed by atoms with Crippen LogP contribution in [-0.2, 0) is 14.3 Å². The van der Waals surface area contributed by atoms with Gasteiger partial charge in [0.15, 0.2) is 0 Å². The summed E-state index contributed by atoms with van der Waals surface area (Å²) in [5, 5.41) is 2.94. The Morgan fingerprint density at radius 1 is 1.18 bits per heavy atom. The number of nitrogens with one attached hydrogen (secondary N) is 1. The topological polar surface area (TPSA) is 61.9 Å². The highest BCUT2D eigenvalue weighted by Crippen LogP contribution is 2.24. The fraction of sp³-hybridized carbons (Fsp3) is 0.636. The molecule has 1 aromatic rings. The molecule has 2 aliphatic heterocycles. The van der Waals surface area contributed by atoms with E-state index in [1.807, 2.05) is 35.2 Å². The summed E-state index contributed by atoms with van der Waals surface area (Å²) in [6, 6.07) is 9.71. The Bertz CT molecular complexity index is 656. The van der Waals surface area contributed by atoms with Crippen molar-refractivity contribution in [2.24, 2.45) is 0 Å². The molecule has 0 saturated carbocycles. The van der Waals surface area contributed by atoms with Crippen LogP contribution >= 0.6 is 0 Å². The molecule has 0 bridgehead atoms. The van der Waals surface area contributed by atoms with E-state index in [4.69, 9.17) is 4.74 Å². The standard InChI is InChI=1S/C22H33N3O3/c1-16-13-24(14-17(2)28-16)15-20-10-7-11-25(20)22(27)12-21(23-18(3)26)19-8-5-4-6-9-19/h4-6,8-9,16-17,20-21H,7,10-15H2,1-3H3,(H,23,26). The van der Waals surface area contributed by atoms with Gasteiger partial charge in [0.1, 0.15) is 0 Å². The van der Waals surface area contributed by atoms with E-state index in [1.165, 1.54) is 6.92 Å². The molecule has 0 spiro atoms. The molecule has 1 aromatic carbocycles. The maximum absolute atomic E-state index is 13.1. The van der Waals surface area contributed by atoms with Crippen LogP contribution in [-0.4, -0.2) is 66.0 Å². The molecule has 2 heterocycles. The Morgan fingerprint density at radius 2 is 1.86 bits per heavy atom. The largest absolute Gasteiger partial charge is 0.373 e. The zero-order valence-corrected chi connectivity index (χ0v) is 17.3. The normalized spacial score (nSPS) is 26.8. The van der Waals surface area contributed by atoms with Crippen LogP contribution in [0.3, 0.4) is 0 Å². The monoisotopic (exact) mass is 387 g/mol. The molecule has 2 saturated heterocycles. The van der Waals surface area contributed by atoms with Crippen LogP contribution in [0.25, 0.3) is 0 Å². The highest BCUT2D eigenvalue weighted by atomic mass is 16.5. The van der Waals surface area contributed by atoms with Gasteiger partial charge in [-0.1, -0.05) is 30.3 Å². The van der Waals surface area contributed by atoms with Gasteiger partial charge >= 0.3 is 0 Å². The molecule has 2 aliphatic rings. The lowest BCUT2D eigenvalue weighted by molar-refractivity contribution is -0.133. The second-order valence-corrected chi connectivity index (χ2v) is 8.23. The average Bonchev–Trinajstić information content (AvgIpc) is 3.09. The molecule has 6 heteroatoms. The van der Waals surface area contributed by atoms with Crippen LogP contribution in [0.5, 0.6) is 0 Å². The molecule has 1 N–H and O–H groups in total. The number of rotatable bonds is 6. The molecule has 3 rings (SSSR count). The summed E-state index contributed by atoms with van der Waals surface area (Å²) in [5.41, 5.74) is 0.970. The number of likely N-dealkylation sites (tertiary alicyclic amines) is 1. The van der Waals surface area contributed by atoms with Gasteiger partial charge in [-0.05, 0) is 32.3 Å². The van der Waals surface area contributed by atoms with E-state index in [1.54, 1.807) is 0 Å². The minimum Gasteiger partial charge on any atom is -0.373 e. The van der Waals surface area contributed by atoms with Crippen molar-refractivity contribution in [2.45, 2.75) is 64.3 Å². The van der Waals surface area contributed by atoms with Gasteiger partial charge in [-0.25, -0.2) is 0 Å². The third-order valence-electron chi connectivity index (χ3n) is 5.62. The van der Waals surface area contributed by atoms with Gasteiger partial charge < -0.3 is 15.0 Å². The van der Waals surface area contributed by atoms with Gasteiger partial charge in [0, 0.05) is 39.1 Å². The van der Waals surface area contributed by atoms with Crippen molar-refractivity contribution < 1.29 is 14.3 Å². The van der Waals surface area contributed by atoms with Gasteiger partial charge in [0.25, 0.3) is 0 Å². The first-order valence-electron chi connectivity index (χ1n) is 10.4. The maximum Gasteiger partial charge on any atom is 0.225 e. The fourth-order valence-corrected chi connectivity index (χ4v) is 4.56. The lowest BCUT2D eigenvalue weighted by atomic mass is 10.0. The SMILES string of the molecule is CC(=O)NC(CC(=O)N1CCCC1CN1CC(C)OC(C)C1)c1ccccc1. The molecule has 2 amide bonds. The van der Waals surface area contributed by atoms with Crippen molar-refractivity contribution in [1.82, 2.24) is 15.1 Å². The number of carbonyl (C=O) groups is 2. The van der Waals surface area contributed by atoms with Crippen molar-refractivity contribution in [3.8, 4) is 0 Å². The predicted octanol–water partition coefficient (Wildman–Crippen LogP) is 2.35. The summed E-state index contributed by atoms with van der Waals surface area (Å²) in [6.45, 7) is 9.26. The summed E-state index contributed by atoms with van der Waals surface area (Å²) >= 11 is 0. The van der Waals surface area contributed by atoms with Gasteiger partial charge in [-0.3, -0.25) is 14.5 Å². The third kappa shape index (κ3) is 5.55. The molecule has 0 aliphatic carbocycles. The molecular formula is C22H33N3O3. The van der Waals surface area contributed by atoms with E-state index in [-0.39, 0.29) is 36.1 Å². The van der Waals surface area contributed by atoms with E-state index in [0.29, 0.717) is 6.42 Å². The number of hydrogen-bond donors (Lipinski definition) is 1. The summed E-state index contributed by atoms with van der Waals surface area (Å²) in [5.74, 6) is 0.00961. The van der Waals surface area contributed by atoms with Gasteiger partial charge in [-0.2, -0.15) is 0 Å². The Kier molecular flexibility index (Phi) is 7.08. The highest BCUT2D eigenvalue weighted by Gasteiger charge is 2.33. The number of ether oxygens (including phenoxy) is 1. The van der Waals surface area contributed by atoms with Crippen LogP contribution in [0.4, 0.5) is 0 Å². The quantitative estimate of drug-likeness (QED) is 0.814. The third-order valence-corrected chi connectivity index (χ3v) is 5.62. The summed E-state index contributed by atoms with van der Waals surface area (Å²) in [6.07, 6.45) is 2.85. The van der Waals surface area contributed by atoms with E-state index in [2.05, 4.69) is 24.1 Å². The minimum atomic E-state index is -0.282. The molecule has 2 fully saturated rings. The highest BCUT2D eigenvalue weighted by molar-refractivity contribution is 5.79. The molecule has 154 valence electrons. The summed E-state index contributed by atoms with van der Waals surface area (Å²) in [4.78, 5) is 29.2. The van der Waals surface area contributed by atoms with Crippen molar-refractivity contribution >= 4 is 11.8 Å². The maximum atomic E-state index is 13.1. The van der Waals surface area contributed by atoms with Crippen LogP contribution < -0.4 is 5.32 Å². The first-order valence-corrected chi connectivity index (χ1v) is 10.4. The van der Waals surface area contributed by atoms with Crippen molar-refractivity contribution in [3.63, 3.8) is 0 Å². The molecule has 4 unspecified atom stereocenters. The van der Waals surface area contributed by atoms with E-state index < -0.39 is 0 Å². The summed E-state index contributed by atoms with van der Waals surface area (Å²) < 4.78 is 5.83. The van der Waals surface area contributed by atoms with Crippen molar-refractivity contribution in [3.05, 3.63) is 35.9 Å². The molecule has 6 nitrogen and oxygen atoms in total. The molecule has 0 aromatic heterocycles. The molecule has 28 heavy (non-hydrogen) atoms. The van der Waals surface area contributed by atoms with E-state index in [9.17, 15) is 9.59 Å². The van der Waals surface area contributed by atoms with Crippen molar-refractivity contribution in [1.29, 1.82) is 0 Å². The number of hydrogen-bond acceptors (Lipinski definition) is 4. The van der Waals surface area contributed by atoms with Crippen LogP contribution in [0.1, 0.15) is 51.6 Å². The number of nitrogens with zero attached hydrogens (tertiary/aromatic N) is 2. The molecular weight excluding hydrogens is 354 g/mol. The van der Waals surface area contributed by atoms with Crippen LogP contribution in [0, 0.1) is 0 Å². The zero-order valence-electron chi connectivity index (χ0n) is 17.3.